The molecule has 0 saturated heterocycles. The maximum atomic E-state index is 13.5. The van der Waals surface area contributed by atoms with Gasteiger partial charge in [0.1, 0.15) is 0 Å². The predicted octanol–water partition coefficient (Wildman–Crippen LogP) is 2.99. The van der Waals surface area contributed by atoms with Crippen molar-refractivity contribution in [2.45, 2.75) is 23.0 Å². The minimum absolute atomic E-state index is 0.164. The van der Waals surface area contributed by atoms with Crippen LogP contribution >= 0.6 is 11.6 Å². The third kappa shape index (κ3) is 3.06. The Bertz CT molecular complexity index is 979. The third-order valence-corrected chi connectivity index (χ3v) is 8.16. The minimum Gasteiger partial charge on any atom is -0.454 e. The summed E-state index contributed by atoms with van der Waals surface area (Å²) in [5.74, 6) is 0.985. The molecule has 0 spiro atoms. The summed E-state index contributed by atoms with van der Waals surface area (Å²) in [5, 5.41) is -0.195. The molecule has 3 atom stereocenters. The molecule has 4 rings (SSSR count). The molecular weight excluding hydrogens is 402 g/mol. The molecule has 1 aliphatic heterocycles. The number of rotatable bonds is 7. The summed E-state index contributed by atoms with van der Waals surface area (Å²) in [6, 6.07) is 11.8. The molecule has 2 aliphatic rings. The normalized spacial score (nSPS) is 25.7. The van der Waals surface area contributed by atoms with Gasteiger partial charge in [-0.25, -0.2) is 8.42 Å². The van der Waals surface area contributed by atoms with Gasteiger partial charge in [0.05, 0.1) is 16.8 Å². The summed E-state index contributed by atoms with van der Waals surface area (Å²) in [6.45, 7) is 3.01. The minimum atomic E-state index is -3.63. The van der Waals surface area contributed by atoms with Crippen LogP contribution in [0, 0.1) is 5.41 Å². The van der Waals surface area contributed by atoms with E-state index in [0.29, 0.717) is 23.1 Å². The second kappa shape index (κ2) is 7.22. The zero-order chi connectivity index (χ0) is 19.9. The van der Waals surface area contributed by atoms with E-state index < -0.39 is 20.5 Å². The molecule has 0 aromatic heterocycles. The summed E-state index contributed by atoms with van der Waals surface area (Å²) in [7, 11) is -3.63. The van der Waals surface area contributed by atoms with Crippen LogP contribution in [0.3, 0.4) is 0 Å². The molecule has 1 fully saturated rings. The Morgan fingerprint density at radius 1 is 1.18 bits per heavy atom. The molecule has 1 heterocycles. The van der Waals surface area contributed by atoms with Crippen molar-refractivity contribution in [3.8, 4) is 11.5 Å². The van der Waals surface area contributed by atoms with Gasteiger partial charge in [-0.05, 0) is 48.9 Å². The lowest BCUT2D eigenvalue weighted by Crippen LogP contribution is -2.29. The highest BCUT2D eigenvalue weighted by Crippen LogP contribution is 2.64. The Labute approximate surface area is 169 Å². The van der Waals surface area contributed by atoms with Crippen molar-refractivity contribution in [2.75, 3.05) is 26.6 Å². The van der Waals surface area contributed by atoms with Crippen molar-refractivity contribution in [3.05, 3.63) is 53.1 Å². The first-order valence-corrected chi connectivity index (χ1v) is 11.0. The molecule has 1 saturated carbocycles. The standard InChI is InChI=1S/C20H22ClNO5S/c1-2-25-11-20(10-22)18(13-3-8-16-17(9-13)27-12-26-16)19(20)28(23,24)15-6-4-14(21)5-7-15/h3-9,18-19H,2,10-12,22H2,1H3/t18-,19-,20-/m1/s1. The summed E-state index contributed by atoms with van der Waals surface area (Å²) >= 11 is 5.93. The Balaban J connectivity index is 1.75. The van der Waals surface area contributed by atoms with E-state index in [1.54, 1.807) is 12.1 Å². The van der Waals surface area contributed by atoms with E-state index in [2.05, 4.69) is 0 Å². The second-order valence-electron chi connectivity index (χ2n) is 7.08. The number of benzene rings is 2. The maximum Gasteiger partial charge on any atom is 0.231 e. The number of nitrogens with two attached hydrogens (primary N) is 1. The highest BCUT2D eigenvalue weighted by molar-refractivity contribution is 7.92. The fraction of sp³-hybridized carbons (Fsp3) is 0.400. The molecule has 2 N–H and O–H groups in total. The largest absolute Gasteiger partial charge is 0.454 e. The predicted molar refractivity (Wildman–Crippen MR) is 106 cm³/mol. The highest BCUT2D eigenvalue weighted by atomic mass is 35.5. The summed E-state index contributed by atoms with van der Waals surface area (Å²) in [4.78, 5) is 0.236. The van der Waals surface area contributed by atoms with Gasteiger partial charge in [-0.3, -0.25) is 0 Å². The summed E-state index contributed by atoms with van der Waals surface area (Å²) in [5.41, 5.74) is 6.28. The summed E-state index contributed by atoms with van der Waals surface area (Å²) in [6.07, 6.45) is 0. The van der Waals surface area contributed by atoms with Crippen molar-refractivity contribution in [3.63, 3.8) is 0 Å². The molecule has 8 heteroatoms. The molecule has 6 nitrogen and oxygen atoms in total. The highest BCUT2D eigenvalue weighted by Gasteiger charge is 2.70. The van der Waals surface area contributed by atoms with Crippen LogP contribution in [0.4, 0.5) is 0 Å². The van der Waals surface area contributed by atoms with Crippen molar-refractivity contribution in [1.82, 2.24) is 0 Å². The molecule has 2 aromatic rings. The van der Waals surface area contributed by atoms with Gasteiger partial charge in [-0.15, -0.1) is 0 Å². The van der Waals surface area contributed by atoms with Crippen LogP contribution in [-0.2, 0) is 14.6 Å². The lowest BCUT2D eigenvalue weighted by Gasteiger charge is -2.16. The lowest BCUT2D eigenvalue weighted by atomic mass is 9.99. The van der Waals surface area contributed by atoms with Crippen LogP contribution in [0.1, 0.15) is 18.4 Å². The van der Waals surface area contributed by atoms with E-state index in [1.165, 1.54) is 12.1 Å². The van der Waals surface area contributed by atoms with Crippen LogP contribution in [-0.4, -0.2) is 40.2 Å². The monoisotopic (exact) mass is 423 g/mol. The van der Waals surface area contributed by atoms with Gasteiger partial charge in [0.25, 0.3) is 0 Å². The molecule has 0 radical (unpaired) electrons. The van der Waals surface area contributed by atoms with Gasteiger partial charge in [0.2, 0.25) is 6.79 Å². The van der Waals surface area contributed by atoms with Crippen LogP contribution in [0.2, 0.25) is 5.02 Å². The molecule has 2 aromatic carbocycles. The van der Waals surface area contributed by atoms with E-state index in [4.69, 9.17) is 31.5 Å². The first-order chi connectivity index (χ1) is 13.4. The van der Waals surface area contributed by atoms with E-state index >= 15 is 0 Å². The van der Waals surface area contributed by atoms with Crippen molar-refractivity contribution in [1.29, 1.82) is 0 Å². The van der Waals surface area contributed by atoms with E-state index in [9.17, 15) is 8.42 Å². The van der Waals surface area contributed by atoms with Gasteiger partial charge < -0.3 is 19.9 Å². The molecule has 150 valence electrons. The smallest absolute Gasteiger partial charge is 0.231 e. The first kappa shape index (κ1) is 19.5. The Hall–Kier alpha value is -1.80. The van der Waals surface area contributed by atoms with Crippen molar-refractivity contribution >= 4 is 21.4 Å². The van der Waals surface area contributed by atoms with Crippen LogP contribution in [0.15, 0.2) is 47.4 Å². The number of ether oxygens (including phenoxy) is 3. The van der Waals surface area contributed by atoms with Gasteiger partial charge in [0, 0.05) is 29.5 Å². The number of hydrogen-bond donors (Lipinski definition) is 1. The zero-order valence-electron chi connectivity index (χ0n) is 15.4. The Morgan fingerprint density at radius 2 is 1.89 bits per heavy atom. The van der Waals surface area contributed by atoms with Crippen LogP contribution in [0.5, 0.6) is 11.5 Å². The SMILES string of the molecule is CCOC[C@]1(CN)[C@H](c2ccc3c(c2)OCO3)[C@H]1S(=O)(=O)c1ccc(Cl)cc1. The first-order valence-electron chi connectivity index (χ1n) is 9.11. The quantitative estimate of drug-likeness (QED) is 0.736. The molecule has 0 bridgehead atoms. The number of halogens is 1. The molecular formula is C20H22ClNO5S. The lowest BCUT2D eigenvalue weighted by molar-refractivity contribution is 0.101. The van der Waals surface area contributed by atoms with Gasteiger partial charge in [-0.1, -0.05) is 17.7 Å². The van der Waals surface area contributed by atoms with E-state index in [1.807, 2.05) is 25.1 Å². The fourth-order valence-electron chi connectivity index (χ4n) is 4.09. The fourth-order valence-corrected chi connectivity index (χ4v) is 6.66. The van der Waals surface area contributed by atoms with Crippen molar-refractivity contribution in [2.24, 2.45) is 11.1 Å². The molecule has 1 aliphatic carbocycles. The number of sulfone groups is 1. The zero-order valence-corrected chi connectivity index (χ0v) is 17.0. The maximum absolute atomic E-state index is 13.5. The number of fused-ring (bicyclic) bond motifs is 1. The van der Waals surface area contributed by atoms with Crippen LogP contribution < -0.4 is 15.2 Å². The molecule has 0 unspecified atom stereocenters. The third-order valence-electron chi connectivity index (χ3n) is 5.57. The topological polar surface area (TPSA) is 87.8 Å². The molecule has 28 heavy (non-hydrogen) atoms. The Morgan fingerprint density at radius 3 is 2.57 bits per heavy atom. The summed E-state index contributed by atoms with van der Waals surface area (Å²) < 4.78 is 43.4. The van der Waals surface area contributed by atoms with Crippen LogP contribution in [0.25, 0.3) is 0 Å². The van der Waals surface area contributed by atoms with E-state index in [0.717, 1.165) is 5.56 Å². The number of hydrogen-bond acceptors (Lipinski definition) is 6. The van der Waals surface area contributed by atoms with Crippen molar-refractivity contribution < 1.29 is 22.6 Å². The van der Waals surface area contributed by atoms with E-state index in [-0.39, 0.29) is 30.8 Å². The van der Waals surface area contributed by atoms with Gasteiger partial charge in [-0.2, -0.15) is 0 Å². The van der Waals surface area contributed by atoms with Gasteiger partial charge >= 0.3 is 0 Å². The average Bonchev–Trinajstić information content (AvgIpc) is 3.15. The molecule has 0 amide bonds. The Kier molecular flexibility index (Phi) is 5.03. The average molecular weight is 424 g/mol. The second-order valence-corrected chi connectivity index (χ2v) is 9.59. The van der Waals surface area contributed by atoms with Gasteiger partial charge in [0.15, 0.2) is 21.3 Å².